The van der Waals surface area contributed by atoms with Crippen molar-refractivity contribution in [2.45, 2.75) is 268 Å². The van der Waals surface area contributed by atoms with Gasteiger partial charge in [-0.25, -0.2) is 0 Å². The van der Waals surface area contributed by atoms with E-state index in [-0.39, 0.29) is 0 Å². The summed E-state index contributed by atoms with van der Waals surface area (Å²) in [5.74, 6) is 3.96. The van der Waals surface area contributed by atoms with Crippen LogP contribution in [0.5, 0.6) is 0 Å². The number of rotatable bonds is 30. The van der Waals surface area contributed by atoms with Crippen molar-refractivity contribution >= 4 is 0 Å². The first-order valence-electron chi connectivity index (χ1n) is 23.3. The fourth-order valence-corrected chi connectivity index (χ4v) is 10.9. The van der Waals surface area contributed by atoms with Crippen LogP contribution in [0.4, 0.5) is 0 Å². The highest BCUT2D eigenvalue weighted by molar-refractivity contribution is 4.93. The zero-order valence-electron chi connectivity index (χ0n) is 32.5. The molecule has 0 aromatic carbocycles. The maximum absolute atomic E-state index is 5.75. The molecule has 3 saturated heterocycles. The van der Waals surface area contributed by atoms with Crippen LogP contribution in [-0.4, -0.2) is 36.6 Å². The molecule has 3 aliphatic heterocycles. The molecule has 3 saturated carbocycles. The Labute approximate surface area is 304 Å². The molecule has 3 heterocycles. The third-order valence-corrected chi connectivity index (χ3v) is 14.5. The highest BCUT2D eigenvalue weighted by atomic mass is 16.6. The third-order valence-electron chi connectivity index (χ3n) is 14.5. The molecule has 3 heteroatoms. The first kappa shape index (κ1) is 38.6. The second-order valence-electron chi connectivity index (χ2n) is 18.7. The van der Waals surface area contributed by atoms with E-state index in [1.54, 1.807) is 0 Å². The Morgan fingerprint density at radius 1 is 0.286 bits per heavy atom. The van der Waals surface area contributed by atoms with E-state index < -0.39 is 0 Å². The van der Waals surface area contributed by atoms with Crippen LogP contribution in [0.3, 0.4) is 0 Å². The molecule has 3 nitrogen and oxygen atoms in total. The van der Waals surface area contributed by atoms with Crippen LogP contribution >= 0.6 is 0 Å². The monoisotopic (exact) mass is 683 g/mol. The molecule has 10 unspecified atom stereocenters. The standard InChI is InChI=1S/C46H82O3/c1(2-5-13-19-25-38-28-31-41-44(34-38)47-41)4-10-16-22-37(24-18-12-8-9-15-21-27-40-30-33-43-46(36-40)49-43)23-17-11-6-3-7-14-20-26-39-29-32-42-45(35-39)48-42/h37-46H,1-36H2. The summed E-state index contributed by atoms with van der Waals surface area (Å²) in [7, 11) is 0. The van der Waals surface area contributed by atoms with Crippen molar-refractivity contribution in [1.82, 2.24) is 0 Å². The highest BCUT2D eigenvalue weighted by Crippen LogP contribution is 2.43. The van der Waals surface area contributed by atoms with Gasteiger partial charge in [-0.3, -0.25) is 0 Å². The van der Waals surface area contributed by atoms with Crippen LogP contribution in [0.2, 0.25) is 0 Å². The zero-order chi connectivity index (χ0) is 33.4. The molecule has 3 aliphatic carbocycles. The van der Waals surface area contributed by atoms with Gasteiger partial charge >= 0.3 is 0 Å². The molecule has 6 aliphatic rings. The van der Waals surface area contributed by atoms with E-state index in [4.69, 9.17) is 14.2 Å². The SMILES string of the molecule is C(CCCCCC1CCC2OC2C1)CCCCC(CCCCCCCCCC1CCC2OC2C1)CCCCCCCCC1CCC2OC2C1. The second-order valence-corrected chi connectivity index (χ2v) is 18.7. The van der Waals surface area contributed by atoms with Crippen molar-refractivity contribution in [1.29, 1.82) is 0 Å². The van der Waals surface area contributed by atoms with E-state index >= 15 is 0 Å². The van der Waals surface area contributed by atoms with Crippen molar-refractivity contribution in [3.8, 4) is 0 Å². The topological polar surface area (TPSA) is 37.6 Å². The first-order chi connectivity index (χ1) is 24.3. The molecule has 0 aromatic heterocycles. The highest BCUT2D eigenvalue weighted by Gasteiger charge is 2.45. The maximum atomic E-state index is 5.75. The van der Waals surface area contributed by atoms with Gasteiger partial charge in [-0.2, -0.15) is 0 Å². The number of hydrogen-bond acceptors (Lipinski definition) is 3. The largest absolute Gasteiger partial charge is 0.370 e. The molecule has 0 N–H and O–H groups in total. The Balaban J connectivity index is 0.737. The van der Waals surface area contributed by atoms with Gasteiger partial charge < -0.3 is 14.2 Å². The molecule has 0 aromatic rings. The molecule has 0 radical (unpaired) electrons. The molecule has 6 rings (SSSR count). The summed E-state index contributed by atoms with van der Waals surface area (Å²) in [6.07, 6.45) is 56.7. The Bertz CT molecular complexity index is 859. The summed E-state index contributed by atoms with van der Waals surface area (Å²) in [5.41, 5.74) is 0. The zero-order valence-corrected chi connectivity index (χ0v) is 32.5. The number of ether oxygens (including phenoxy) is 3. The molecular formula is C46H82O3. The van der Waals surface area contributed by atoms with E-state index in [1.165, 1.54) is 231 Å². The van der Waals surface area contributed by atoms with Crippen LogP contribution in [0, 0.1) is 23.7 Å². The summed E-state index contributed by atoms with van der Waals surface area (Å²) < 4.78 is 17.2. The number of fused-ring (bicyclic) bond motifs is 3. The number of unbranched alkanes of at least 4 members (excludes halogenated alkanes) is 18. The molecule has 0 bridgehead atoms. The van der Waals surface area contributed by atoms with Crippen molar-refractivity contribution in [3.05, 3.63) is 0 Å². The van der Waals surface area contributed by atoms with E-state index in [0.717, 1.165) is 23.7 Å². The summed E-state index contributed by atoms with van der Waals surface area (Å²) in [6.45, 7) is 0. The van der Waals surface area contributed by atoms with Crippen LogP contribution in [0.25, 0.3) is 0 Å². The summed E-state index contributed by atoms with van der Waals surface area (Å²) in [5, 5.41) is 0. The minimum Gasteiger partial charge on any atom is -0.370 e. The van der Waals surface area contributed by atoms with Crippen molar-refractivity contribution < 1.29 is 14.2 Å². The molecule has 0 amide bonds. The summed E-state index contributed by atoms with van der Waals surface area (Å²) >= 11 is 0. The Kier molecular flexibility index (Phi) is 17.5. The second kappa shape index (κ2) is 22.2. The average Bonchev–Trinajstić information content (AvgIpc) is 4.01. The van der Waals surface area contributed by atoms with E-state index in [0.29, 0.717) is 36.6 Å². The minimum atomic E-state index is 0.668. The normalized spacial score (nSPS) is 33.4. The molecule has 49 heavy (non-hydrogen) atoms. The molecule has 10 atom stereocenters. The van der Waals surface area contributed by atoms with Crippen molar-refractivity contribution in [2.24, 2.45) is 23.7 Å². The van der Waals surface area contributed by atoms with Crippen molar-refractivity contribution in [3.63, 3.8) is 0 Å². The Morgan fingerprint density at radius 3 is 0.837 bits per heavy atom. The Morgan fingerprint density at radius 2 is 0.551 bits per heavy atom. The fraction of sp³-hybridized carbons (Fsp3) is 1.00. The summed E-state index contributed by atoms with van der Waals surface area (Å²) in [4.78, 5) is 0. The predicted molar refractivity (Wildman–Crippen MR) is 206 cm³/mol. The minimum absolute atomic E-state index is 0.668. The van der Waals surface area contributed by atoms with Crippen LogP contribution in [0.15, 0.2) is 0 Å². The average molecular weight is 683 g/mol. The molecule has 0 spiro atoms. The van der Waals surface area contributed by atoms with Gasteiger partial charge in [0.1, 0.15) is 0 Å². The lowest BCUT2D eigenvalue weighted by molar-refractivity contribution is 0.341. The van der Waals surface area contributed by atoms with E-state index in [2.05, 4.69) is 0 Å². The number of hydrogen-bond donors (Lipinski definition) is 0. The quantitative estimate of drug-likeness (QED) is 0.0559. The van der Waals surface area contributed by atoms with Crippen LogP contribution in [0.1, 0.15) is 231 Å². The maximum Gasteiger partial charge on any atom is 0.0844 e. The number of epoxide rings is 3. The van der Waals surface area contributed by atoms with Crippen molar-refractivity contribution in [2.75, 3.05) is 0 Å². The van der Waals surface area contributed by atoms with E-state index in [9.17, 15) is 0 Å². The smallest absolute Gasteiger partial charge is 0.0844 e. The third kappa shape index (κ3) is 15.4. The van der Waals surface area contributed by atoms with Gasteiger partial charge in [0.25, 0.3) is 0 Å². The van der Waals surface area contributed by atoms with Gasteiger partial charge in [0.05, 0.1) is 36.6 Å². The van der Waals surface area contributed by atoms with Gasteiger partial charge in [0.2, 0.25) is 0 Å². The molecular weight excluding hydrogens is 601 g/mol. The van der Waals surface area contributed by atoms with Crippen LogP contribution in [-0.2, 0) is 14.2 Å². The first-order valence-corrected chi connectivity index (χ1v) is 23.3. The van der Waals surface area contributed by atoms with Gasteiger partial charge in [-0.05, 0) is 81.5 Å². The van der Waals surface area contributed by atoms with E-state index in [1.807, 2.05) is 0 Å². The molecule has 6 fully saturated rings. The predicted octanol–water partition coefficient (Wildman–Crippen LogP) is 13.8. The van der Waals surface area contributed by atoms with Gasteiger partial charge in [0, 0.05) is 0 Å². The molecule has 284 valence electrons. The van der Waals surface area contributed by atoms with Crippen LogP contribution < -0.4 is 0 Å². The lowest BCUT2D eigenvalue weighted by Gasteiger charge is -2.18. The lowest BCUT2D eigenvalue weighted by Crippen LogP contribution is -2.13. The summed E-state index contributed by atoms with van der Waals surface area (Å²) in [6, 6.07) is 0. The fourth-order valence-electron chi connectivity index (χ4n) is 10.9. The van der Waals surface area contributed by atoms with Gasteiger partial charge in [-0.1, -0.05) is 173 Å². The lowest BCUT2D eigenvalue weighted by atomic mass is 9.85. The Hall–Kier alpha value is -0.120. The van der Waals surface area contributed by atoms with Gasteiger partial charge in [-0.15, -0.1) is 0 Å². The van der Waals surface area contributed by atoms with Gasteiger partial charge in [0.15, 0.2) is 0 Å².